The van der Waals surface area contributed by atoms with Gasteiger partial charge in [0, 0.05) is 5.92 Å². The standard InChI is InChI=1S/C16H31NO3/c1-9-11(4)13(15(19)20-16(6,7)8)17-14(18)12(5)10(2)3/h10-13H,9H2,1-8H3,(H,17,18)/t11-,12?,13-/m0/s1. The first-order valence-corrected chi connectivity index (χ1v) is 7.52. The molecule has 0 aliphatic heterocycles. The maximum atomic E-state index is 12.3. The second-order valence-electron chi connectivity index (χ2n) is 6.94. The van der Waals surface area contributed by atoms with Crippen LogP contribution in [0.3, 0.4) is 0 Å². The maximum absolute atomic E-state index is 12.3. The molecule has 0 radical (unpaired) electrons. The van der Waals surface area contributed by atoms with Gasteiger partial charge < -0.3 is 10.1 Å². The summed E-state index contributed by atoms with van der Waals surface area (Å²) in [5.41, 5.74) is -0.544. The Labute approximate surface area is 123 Å². The Morgan fingerprint density at radius 2 is 1.60 bits per heavy atom. The Morgan fingerprint density at radius 3 is 1.95 bits per heavy atom. The van der Waals surface area contributed by atoms with Crippen molar-refractivity contribution in [2.24, 2.45) is 17.8 Å². The smallest absolute Gasteiger partial charge is 0.329 e. The highest BCUT2D eigenvalue weighted by atomic mass is 16.6. The van der Waals surface area contributed by atoms with Crippen LogP contribution in [0.1, 0.15) is 61.8 Å². The van der Waals surface area contributed by atoms with Gasteiger partial charge >= 0.3 is 5.97 Å². The second-order valence-corrected chi connectivity index (χ2v) is 6.94. The van der Waals surface area contributed by atoms with Crippen molar-refractivity contribution in [1.29, 1.82) is 0 Å². The minimum atomic E-state index is -0.576. The van der Waals surface area contributed by atoms with Crippen LogP contribution in [0.5, 0.6) is 0 Å². The number of esters is 1. The number of ether oxygens (including phenoxy) is 1. The van der Waals surface area contributed by atoms with Gasteiger partial charge in [0.2, 0.25) is 5.91 Å². The van der Waals surface area contributed by atoms with Crippen LogP contribution in [0.4, 0.5) is 0 Å². The van der Waals surface area contributed by atoms with Crippen molar-refractivity contribution in [3.63, 3.8) is 0 Å². The van der Waals surface area contributed by atoms with Crippen LogP contribution in [0, 0.1) is 17.8 Å². The zero-order valence-electron chi connectivity index (χ0n) is 14.2. The summed E-state index contributed by atoms with van der Waals surface area (Å²) in [6.45, 7) is 15.3. The van der Waals surface area contributed by atoms with Gasteiger partial charge in [-0.1, -0.05) is 41.0 Å². The summed E-state index contributed by atoms with van der Waals surface area (Å²) in [6, 6.07) is -0.576. The fourth-order valence-corrected chi connectivity index (χ4v) is 1.62. The summed E-state index contributed by atoms with van der Waals surface area (Å²) in [4.78, 5) is 24.4. The minimum Gasteiger partial charge on any atom is -0.458 e. The third-order valence-corrected chi connectivity index (χ3v) is 3.59. The average molecular weight is 285 g/mol. The first kappa shape index (κ1) is 18.9. The SMILES string of the molecule is CC[C@H](C)[C@H](NC(=O)C(C)C(C)C)C(=O)OC(C)(C)C. The van der Waals surface area contributed by atoms with Crippen LogP contribution in [0.25, 0.3) is 0 Å². The molecule has 118 valence electrons. The normalized spacial score (nSPS) is 16.4. The first-order valence-electron chi connectivity index (χ1n) is 7.52. The van der Waals surface area contributed by atoms with Crippen LogP contribution < -0.4 is 5.32 Å². The van der Waals surface area contributed by atoms with Crippen molar-refractivity contribution in [2.45, 2.75) is 73.5 Å². The molecule has 0 aromatic heterocycles. The number of nitrogens with one attached hydrogen (secondary N) is 1. The predicted molar refractivity (Wildman–Crippen MR) is 81.2 cm³/mol. The van der Waals surface area contributed by atoms with E-state index in [9.17, 15) is 9.59 Å². The Kier molecular flexibility index (Phi) is 7.25. The fraction of sp³-hybridized carbons (Fsp3) is 0.875. The molecule has 0 saturated carbocycles. The van der Waals surface area contributed by atoms with Gasteiger partial charge in [-0.25, -0.2) is 4.79 Å². The Hall–Kier alpha value is -1.06. The molecule has 0 aliphatic rings. The number of rotatable bonds is 6. The average Bonchev–Trinajstić information content (AvgIpc) is 2.31. The van der Waals surface area contributed by atoms with Gasteiger partial charge in [0.15, 0.2) is 0 Å². The number of carbonyl (C=O) groups excluding carboxylic acids is 2. The van der Waals surface area contributed by atoms with E-state index in [0.29, 0.717) is 0 Å². The van der Waals surface area contributed by atoms with E-state index in [4.69, 9.17) is 4.74 Å². The lowest BCUT2D eigenvalue weighted by Gasteiger charge is -2.28. The van der Waals surface area contributed by atoms with E-state index in [0.717, 1.165) is 6.42 Å². The van der Waals surface area contributed by atoms with Crippen LogP contribution in [-0.2, 0) is 14.3 Å². The lowest BCUT2D eigenvalue weighted by atomic mass is 9.94. The summed E-state index contributed by atoms with van der Waals surface area (Å²) in [5, 5.41) is 2.86. The van der Waals surface area contributed by atoms with E-state index in [1.807, 2.05) is 55.4 Å². The van der Waals surface area contributed by atoms with Gasteiger partial charge in [0.25, 0.3) is 0 Å². The lowest BCUT2D eigenvalue weighted by molar-refractivity contribution is -0.160. The number of hydrogen-bond donors (Lipinski definition) is 1. The summed E-state index contributed by atoms with van der Waals surface area (Å²) in [5.74, 6) is -0.268. The zero-order valence-corrected chi connectivity index (χ0v) is 14.2. The van der Waals surface area contributed by atoms with Gasteiger partial charge in [-0.15, -0.1) is 0 Å². The Bertz CT molecular complexity index is 331. The van der Waals surface area contributed by atoms with Gasteiger partial charge in [-0.05, 0) is 32.6 Å². The molecule has 4 nitrogen and oxygen atoms in total. The van der Waals surface area contributed by atoms with E-state index in [1.165, 1.54) is 0 Å². The van der Waals surface area contributed by atoms with E-state index >= 15 is 0 Å². The molecule has 1 unspecified atom stereocenters. The molecule has 0 heterocycles. The molecule has 3 atom stereocenters. The van der Waals surface area contributed by atoms with E-state index in [2.05, 4.69) is 5.32 Å². The highest BCUT2D eigenvalue weighted by molar-refractivity contribution is 5.86. The predicted octanol–water partition coefficient (Wildman–Crippen LogP) is 3.15. The van der Waals surface area contributed by atoms with Crippen molar-refractivity contribution in [3.05, 3.63) is 0 Å². The highest BCUT2D eigenvalue weighted by Gasteiger charge is 2.31. The summed E-state index contributed by atoms with van der Waals surface area (Å²) < 4.78 is 5.41. The minimum absolute atomic E-state index is 0.0492. The molecule has 0 aromatic rings. The molecule has 0 rings (SSSR count). The molecular formula is C16H31NO3. The van der Waals surface area contributed by atoms with Gasteiger partial charge in [0.1, 0.15) is 11.6 Å². The molecule has 1 amide bonds. The van der Waals surface area contributed by atoms with Crippen molar-refractivity contribution in [3.8, 4) is 0 Å². The van der Waals surface area contributed by atoms with Crippen LogP contribution >= 0.6 is 0 Å². The fourth-order valence-electron chi connectivity index (χ4n) is 1.62. The molecule has 0 saturated heterocycles. The van der Waals surface area contributed by atoms with E-state index < -0.39 is 11.6 Å². The topological polar surface area (TPSA) is 55.4 Å². The van der Waals surface area contributed by atoms with E-state index in [1.54, 1.807) is 0 Å². The van der Waals surface area contributed by atoms with Crippen molar-refractivity contribution >= 4 is 11.9 Å². The first-order chi connectivity index (χ1) is 8.99. The molecule has 4 heteroatoms. The molecule has 0 spiro atoms. The Balaban J connectivity index is 4.91. The highest BCUT2D eigenvalue weighted by Crippen LogP contribution is 2.16. The summed E-state index contributed by atoms with van der Waals surface area (Å²) in [6.07, 6.45) is 0.806. The van der Waals surface area contributed by atoms with Gasteiger partial charge in [0.05, 0.1) is 0 Å². The number of carbonyl (C=O) groups is 2. The molecule has 0 aromatic carbocycles. The monoisotopic (exact) mass is 285 g/mol. The molecule has 1 N–H and O–H groups in total. The summed E-state index contributed by atoms with van der Waals surface area (Å²) >= 11 is 0. The van der Waals surface area contributed by atoms with Crippen LogP contribution in [-0.4, -0.2) is 23.5 Å². The second kappa shape index (κ2) is 7.65. The molecule has 0 aliphatic carbocycles. The van der Waals surface area contributed by atoms with Gasteiger partial charge in [-0.3, -0.25) is 4.79 Å². The van der Waals surface area contributed by atoms with Gasteiger partial charge in [-0.2, -0.15) is 0 Å². The largest absolute Gasteiger partial charge is 0.458 e. The van der Waals surface area contributed by atoms with Crippen LogP contribution in [0.2, 0.25) is 0 Å². The van der Waals surface area contributed by atoms with Crippen molar-refractivity contribution < 1.29 is 14.3 Å². The third kappa shape index (κ3) is 6.40. The number of amides is 1. The van der Waals surface area contributed by atoms with E-state index in [-0.39, 0.29) is 29.6 Å². The molecule has 20 heavy (non-hydrogen) atoms. The van der Waals surface area contributed by atoms with Crippen LogP contribution in [0.15, 0.2) is 0 Å². The van der Waals surface area contributed by atoms with Crippen molar-refractivity contribution in [2.75, 3.05) is 0 Å². The lowest BCUT2D eigenvalue weighted by Crippen LogP contribution is -2.49. The Morgan fingerprint density at radius 1 is 1.10 bits per heavy atom. The quantitative estimate of drug-likeness (QED) is 0.763. The summed E-state index contributed by atoms with van der Waals surface area (Å²) in [7, 11) is 0. The molecule has 0 fully saturated rings. The zero-order chi connectivity index (χ0) is 16.1. The number of hydrogen-bond acceptors (Lipinski definition) is 3. The third-order valence-electron chi connectivity index (χ3n) is 3.59. The molecule has 0 bridgehead atoms. The maximum Gasteiger partial charge on any atom is 0.329 e. The molecular weight excluding hydrogens is 254 g/mol. The van der Waals surface area contributed by atoms with Crippen molar-refractivity contribution in [1.82, 2.24) is 5.32 Å².